The molecule has 0 bridgehead atoms. The number of methoxy groups -OCH3 is 1. The molecule has 0 fully saturated rings. The van der Waals surface area contributed by atoms with Crippen LogP contribution in [0.3, 0.4) is 0 Å². The summed E-state index contributed by atoms with van der Waals surface area (Å²) >= 11 is 0. The van der Waals surface area contributed by atoms with Crippen LogP contribution in [0.4, 0.5) is 5.69 Å². The third kappa shape index (κ3) is 4.56. The van der Waals surface area contributed by atoms with Gasteiger partial charge in [-0.25, -0.2) is 0 Å². The van der Waals surface area contributed by atoms with Gasteiger partial charge in [0.2, 0.25) is 0 Å². The summed E-state index contributed by atoms with van der Waals surface area (Å²) in [5.41, 5.74) is 1.00. The fourth-order valence-corrected chi connectivity index (χ4v) is 1.93. The van der Waals surface area contributed by atoms with Gasteiger partial charge >= 0.3 is 0 Å². The number of carbonyl (C=O) groups is 1. The Morgan fingerprint density at radius 2 is 1.95 bits per heavy atom. The summed E-state index contributed by atoms with van der Waals surface area (Å²) in [4.78, 5) is 13.7. The average molecular weight is 265 g/mol. The highest BCUT2D eigenvalue weighted by Gasteiger charge is 2.18. The molecule has 0 aromatic heterocycles. The van der Waals surface area contributed by atoms with Gasteiger partial charge in [-0.05, 0) is 51.0 Å². The molecule has 4 heteroatoms. The number of ketones is 1. The van der Waals surface area contributed by atoms with Crippen molar-refractivity contribution in [3.8, 4) is 5.75 Å². The number of Topliss-reactive ketones (excluding diaryl/α,β-unsaturated/α-hetero) is 1. The number of carbonyl (C=O) groups excluding carboxylic acids is 1. The van der Waals surface area contributed by atoms with Gasteiger partial charge in [0.15, 0.2) is 5.78 Å². The van der Waals surface area contributed by atoms with Gasteiger partial charge in [-0.1, -0.05) is 0 Å². The van der Waals surface area contributed by atoms with E-state index in [1.807, 2.05) is 31.2 Å². The zero-order chi connectivity index (χ0) is 14.3. The summed E-state index contributed by atoms with van der Waals surface area (Å²) in [6.07, 6.45) is 1.61. The molecule has 0 saturated heterocycles. The third-order valence-electron chi connectivity index (χ3n) is 3.27. The monoisotopic (exact) mass is 265 g/mol. The van der Waals surface area contributed by atoms with Gasteiger partial charge in [-0.3, -0.25) is 4.79 Å². The van der Waals surface area contributed by atoms with Gasteiger partial charge in [-0.2, -0.15) is 0 Å². The molecule has 0 radical (unpaired) electrons. The van der Waals surface area contributed by atoms with Crippen LogP contribution < -0.4 is 9.64 Å². The van der Waals surface area contributed by atoms with Crippen LogP contribution in [0.5, 0.6) is 5.75 Å². The van der Waals surface area contributed by atoms with Crippen molar-refractivity contribution in [2.75, 3.05) is 25.2 Å². The van der Waals surface area contributed by atoms with Crippen LogP contribution >= 0.6 is 0 Å². The van der Waals surface area contributed by atoms with E-state index in [0.29, 0.717) is 0 Å². The van der Waals surface area contributed by atoms with Crippen LogP contribution in [0.2, 0.25) is 0 Å². The van der Waals surface area contributed by atoms with E-state index in [1.165, 1.54) is 0 Å². The molecule has 0 heterocycles. The van der Waals surface area contributed by atoms with Gasteiger partial charge < -0.3 is 14.7 Å². The molecule has 106 valence electrons. The van der Waals surface area contributed by atoms with Gasteiger partial charge in [-0.15, -0.1) is 0 Å². The summed E-state index contributed by atoms with van der Waals surface area (Å²) in [6.45, 7) is 4.46. The quantitative estimate of drug-likeness (QED) is 0.732. The summed E-state index contributed by atoms with van der Waals surface area (Å²) < 4.78 is 5.14. The Balaban J connectivity index is 2.83. The zero-order valence-electron chi connectivity index (χ0n) is 11.9. The predicted octanol–water partition coefficient (Wildman–Crippen LogP) is 2.25. The summed E-state index contributed by atoms with van der Waals surface area (Å²) in [5.74, 6) is 0.939. The lowest BCUT2D eigenvalue weighted by molar-refractivity contribution is -0.117. The molecule has 1 rings (SSSR count). The number of hydrogen-bond acceptors (Lipinski definition) is 4. The molecule has 0 aliphatic rings. The maximum Gasteiger partial charge on any atom is 0.151 e. The Bertz CT molecular complexity index is 389. The summed E-state index contributed by atoms with van der Waals surface area (Å²) in [5, 5.41) is 8.86. The number of rotatable bonds is 8. The minimum atomic E-state index is -0.160. The maximum absolute atomic E-state index is 11.6. The van der Waals surface area contributed by atoms with Crippen molar-refractivity contribution in [2.45, 2.75) is 32.7 Å². The number of benzene rings is 1. The molecule has 0 aliphatic heterocycles. The molecule has 0 saturated carbocycles. The first-order valence-electron chi connectivity index (χ1n) is 6.62. The second-order valence-corrected chi connectivity index (χ2v) is 4.61. The molecular weight excluding hydrogens is 242 g/mol. The van der Waals surface area contributed by atoms with Crippen molar-refractivity contribution in [3.05, 3.63) is 24.3 Å². The molecule has 19 heavy (non-hydrogen) atoms. The third-order valence-corrected chi connectivity index (χ3v) is 3.27. The molecule has 1 unspecified atom stereocenters. The first-order chi connectivity index (χ1) is 9.10. The van der Waals surface area contributed by atoms with E-state index in [0.717, 1.165) is 30.8 Å². The first kappa shape index (κ1) is 15.5. The highest BCUT2D eigenvalue weighted by atomic mass is 16.5. The number of ether oxygens (including phenoxy) is 1. The first-order valence-corrected chi connectivity index (χ1v) is 6.62. The molecule has 1 N–H and O–H groups in total. The fourth-order valence-electron chi connectivity index (χ4n) is 1.93. The Hall–Kier alpha value is -1.55. The van der Waals surface area contributed by atoms with Crippen molar-refractivity contribution in [3.63, 3.8) is 0 Å². The Kier molecular flexibility index (Phi) is 6.36. The van der Waals surface area contributed by atoms with Crippen LogP contribution in [0.1, 0.15) is 26.7 Å². The second-order valence-electron chi connectivity index (χ2n) is 4.61. The van der Waals surface area contributed by atoms with E-state index in [1.54, 1.807) is 14.0 Å². The maximum atomic E-state index is 11.6. The molecule has 0 amide bonds. The number of aliphatic hydroxyl groups excluding tert-OH is 1. The van der Waals surface area contributed by atoms with Gasteiger partial charge in [0.05, 0.1) is 13.2 Å². The Morgan fingerprint density at radius 1 is 1.32 bits per heavy atom. The van der Waals surface area contributed by atoms with Crippen LogP contribution in [-0.4, -0.2) is 37.2 Å². The van der Waals surface area contributed by atoms with Crippen LogP contribution in [0.15, 0.2) is 24.3 Å². The molecule has 1 aromatic carbocycles. The van der Waals surface area contributed by atoms with Gasteiger partial charge in [0.1, 0.15) is 5.75 Å². The van der Waals surface area contributed by atoms with Crippen molar-refractivity contribution in [1.29, 1.82) is 0 Å². The van der Waals surface area contributed by atoms with Crippen LogP contribution in [0, 0.1) is 0 Å². The van der Waals surface area contributed by atoms with E-state index in [9.17, 15) is 4.79 Å². The Labute approximate surface area is 115 Å². The largest absolute Gasteiger partial charge is 0.497 e. The van der Waals surface area contributed by atoms with Crippen LogP contribution in [0.25, 0.3) is 0 Å². The average Bonchev–Trinajstić information content (AvgIpc) is 2.43. The number of unbranched alkanes of at least 4 members (excludes halogenated alkanes) is 1. The topological polar surface area (TPSA) is 49.8 Å². The van der Waals surface area contributed by atoms with Gasteiger partial charge in [0, 0.05) is 18.8 Å². The predicted molar refractivity (Wildman–Crippen MR) is 76.8 cm³/mol. The fraction of sp³-hybridized carbons (Fsp3) is 0.533. The molecule has 0 aliphatic carbocycles. The highest BCUT2D eigenvalue weighted by molar-refractivity contribution is 5.84. The normalized spacial score (nSPS) is 12.0. The minimum Gasteiger partial charge on any atom is -0.497 e. The van der Waals surface area contributed by atoms with E-state index in [4.69, 9.17) is 9.84 Å². The lowest BCUT2D eigenvalue weighted by Gasteiger charge is -2.30. The second kappa shape index (κ2) is 7.79. The zero-order valence-corrected chi connectivity index (χ0v) is 11.9. The summed E-state index contributed by atoms with van der Waals surface area (Å²) in [6, 6.07) is 7.53. The molecule has 0 spiro atoms. The number of aliphatic hydroxyl groups is 1. The lowest BCUT2D eigenvalue weighted by atomic mass is 10.1. The van der Waals surface area contributed by atoms with E-state index in [-0.39, 0.29) is 18.4 Å². The van der Waals surface area contributed by atoms with E-state index < -0.39 is 0 Å². The van der Waals surface area contributed by atoms with Crippen molar-refractivity contribution >= 4 is 11.5 Å². The number of nitrogens with zero attached hydrogens (tertiary/aromatic N) is 1. The minimum absolute atomic E-state index is 0.139. The van der Waals surface area contributed by atoms with Crippen molar-refractivity contribution in [2.24, 2.45) is 0 Å². The molecular formula is C15H23NO3. The highest BCUT2D eigenvalue weighted by Crippen LogP contribution is 2.22. The SMILES string of the molecule is COc1ccc(N(CCCCO)C(C)C(C)=O)cc1. The van der Waals surface area contributed by atoms with Crippen molar-refractivity contribution in [1.82, 2.24) is 0 Å². The number of anilines is 1. The lowest BCUT2D eigenvalue weighted by Crippen LogP contribution is -2.38. The van der Waals surface area contributed by atoms with Crippen LogP contribution in [-0.2, 0) is 4.79 Å². The van der Waals surface area contributed by atoms with E-state index in [2.05, 4.69) is 4.90 Å². The molecule has 1 atom stereocenters. The van der Waals surface area contributed by atoms with E-state index >= 15 is 0 Å². The standard InChI is InChI=1S/C15H23NO3/c1-12(13(2)18)16(10-4-5-11-17)14-6-8-15(19-3)9-7-14/h6-9,12,17H,4-5,10-11H2,1-3H3. The number of hydrogen-bond donors (Lipinski definition) is 1. The van der Waals surface area contributed by atoms with Crippen molar-refractivity contribution < 1.29 is 14.6 Å². The molecule has 1 aromatic rings. The van der Waals surface area contributed by atoms with Gasteiger partial charge in [0.25, 0.3) is 0 Å². The molecule has 4 nitrogen and oxygen atoms in total. The smallest absolute Gasteiger partial charge is 0.151 e. The Morgan fingerprint density at radius 3 is 2.42 bits per heavy atom. The summed E-state index contributed by atoms with van der Waals surface area (Å²) in [7, 11) is 1.63.